The highest BCUT2D eigenvalue weighted by atomic mass is 19.1. The van der Waals surface area contributed by atoms with E-state index in [0.717, 1.165) is 24.3 Å². The van der Waals surface area contributed by atoms with Gasteiger partial charge in [0.05, 0.1) is 22.1 Å². The van der Waals surface area contributed by atoms with Gasteiger partial charge in [0.2, 0.25) is 0 Å². The Labute approximate surface area is 157 Å². The molecule has 1 heterocycles. The molecule has 0 aromatic heterocycles. The summed E-state index contributed by atoms with van der Waals surface area (Å²) in [5.41, 5.74) is -0.644. The molecule has 3 rings (SSSR count). The molecule has 0 radical (unpaired) electrons. The van der Waals surface area contributed by atoms with Crippen molar-refractivity contribution >= 4 is 23.3 Å². The lowest BCUT2D eigenvalue weighted by Gasteiger charge is -2.29. The van der Waals surface area contributed by atoms with Gasteiger partial charge in [0.15, 0.2) is 0 Å². The minimum atomic E-state index is -1.38. The monoisotopic (exact) mass is 388 g/mol. The Morgan fingerprint density at radius 2 is 1.82 bits per heavy atom. The minimum Gasteiger partial charge on any atom is -0.326 e. The van der Waals surface area contributed by atoms with Gasteiger partial charge in [-0.2, -0.15) is 0 Å². The lowest BCUT2D eigenvalue weighted by atomic mass is 9.94. The number of allylic oxidation sites excluding steroid dienone is 1. The topological polar surface area (TPSA) is 113 Å². The maximum absolute atomic E-state index is 14.3. The van der Waals surface area contributed by atoms with Crippen molar-refractivity contribution in [2.24, 2.45) is 0 Å². The van der Waals surface area contributed by atoms with Gasteiger partial charge in [0, 0.05) is 23.5 Å². The molecule has 1 aliphatic rings. The van der Waals surface area contributed by atoms with Crippen LogP contribution in [0.1, 0.15) is 18.5 Å². The number of benzene rings is 2. The van der Waals surface area contributed by atoms with Gasteiger partial charge < -0.3 is 16.0 Å². The van der Waals surface area contributed by atoms with E-state index in [9.17, 15) is 28.5 Å². The molecule has 144 valence electrons. The molecular formula is C18H14F2N4O4. The number of carbonyl (C=O) groups excluding carboxylic acids is 2. The van der Waals surface area contributed by atoms with Gasteiger partial charge in [-0.3, -0.25) is 14.9 Å². The summed E-state index contributed by atoms with van der Waals surface area (Å²) in [7, 11) is 0. The Morgan fingerprint density at radius 1 is 1.18 bits per heavy atom. The maximum atomic E-state index is 14.3. The Hall–Kier alpha value is -3.82. The van der Waals surface area contributed by atoms with Crippen molar-refractivity contribution in [2.75, 3.05) is 5.32 Å². The molecular weight excluding hydrogens is 374 g/mol. The number of hydrogen-bond acceptors (Lipinski definition) is 4. The molecule has 8 nitrogen and oxygen atoms in total. The highest BCUT2D eigenvalue weighted by Crippen LogP contribution is 2.31. The van der Waals surface area contributed by atoms with E-state index in [1.165, 1.54) is 25.1 Å². The first-order valence-electron chi connectivity index (χ1n) is 8.06. The molecule has 2 aromatic rings. The number of amides is 3. The molecule has 0 fully saturated rings. The van der Waals surface area contributed by atoms with Crippen LogP contribution in [0.3, 0.4) is 0 Å². The second kappa shape index (κ2) is 7.43. The summed E-state index contributed by atoms with van der Waals surface area (Å²) in [6, 6.07) is 6.28. The van der Waals surface area contributed by atoms with Gasteiger partial charge >= 0.3 is 6.03 Å². The molecule has 0 bridgehead atoms. The number of nitro groups is 1. The van der Waals surface area contributed by atoms with E-state index in [1.54, 1.807) is 0 Å². The molecule has 1 aliphatic heterocycles. The Kier molecular flexibility index (Phi) is 5.03. The fourth-order valence-corrected chi connectivity index (χ4v) is 2.89. The number of anilines is 1. The van der Waals surface area contributed by atoms with E-state index in [4.69, 9.17) is 0 Å². The number of halogens is 2. The smallest absolute Gasteiger partial charge is 0.319 e. The summed E-state index contributed by atoms with van der Waals surface area (Å²) in [6.45, 7) is 1.41. The normalized spacial score (nSPS) is 16.2. The van der Waals surface area contributed by atoms with Crippen LogP contribution in [0.2, 0.25) is 0 Å². The van der Waals surface area contributed by atoms with Gasteiger partial charge in [-0.1, -0.05) is 12.1 Å². The molecule has 10 heteroatoms. The Balaban J connectivity index is 2.00. The van der Waals surface area contributed by atoms with Crippen LogP contribution in [0.4, 0.5) is 25.0 Å². The van der Waals surface area contributed by atoms with Gasteiger partial charge in [-0.25, -0.2) is 13.6 Å². The van der Waals surface area contributed by atoms with Gasteiger partial charge in [-0.15, -0.1) is 0 Å². The summed E-state index contributed by atoms with van der Waals surface area (Å²) < 4.78 is 28.5. The highest BCUT2D eigenvalue weighted by molar-refractivity contribution is 6.06. The third-order valence-electron chi connectivity index (χ3n) is 4.12. The van der Waals surface area contributed by atoms with Crippen molar-refractivity contribution in [3.8, 4) is 0 Å². The van der Waals surface area contributed by atoms with Crippen molar-refractivity contribution in [2.45, 2.75) is 13.0 Å². The Morgan fingerprint density at radius 3 is 2.46 bits per heavy atom. The van der Waals surface area contributed by atoms with Crippen LogP contribution in [-0.4, -0.2) is 16.9 Å². The fraction of sp³-hybridized carbons (Fsp3) is 0.111. The standard InChI is InChI=1S/C18H14F2N4O4/c1-9-14(17(25)22-10-4-2-5-11(8-10)24(27)28)16(23-18(26)21-9)15-12(19)6-3-7-13(15)20/h2-8,16H,1H3,(H,22,25)(H2,21,23,26)/t16-/m0/s1. The molecule has 3 N–H and O–H groups in total. The van der Waals surface area contributed by atoms with E-state index in [-0.39, 0.29) is 22.6 Å². The third kappa shape index (κ3) is 3.65. The zero-order chi connectivity index (χ0) is 20.4. The molecule has 28 heavy (non-hydrogen) atoms. The maximum Gasteiger partial charge on any atom is 0.319 e. The summed E-state index contributed by atoms with van der Waals surface area (Å²) >= 11 is 0. The number of non-ortho nitro benzene ring substituents is 1. The summed E-state index contributed by atoms with van der Waals surface area (Å²) in [4.78, 5) is 34.9. The second-order valence-electron chi connectivity index (χ2n) is 5.97. The summed E-state index contributed by atoms with van der Waals surface area (Å²) in [5.74, 6) is -2.64. The molecule has 0 spiro atoms. The largest absolute Gasteiger partial charge is 0.326 e. The zero-order valence-electron chi connectivity index (χ0n) is 14.5. The van der Waals surface area contributed by atoms with Crippen molar-refractivity contribution in [1.29, 1.82) is 0 Å². The average Bonchev–Trinajstić information content (AvgIpc) is 2.61. The van der Waals surface area contributed by atoms with Crippen LogP contribution >= 0.6 is 0 Å². The fourth-order valence-electron chi connectivity index (χ4n) is 2.89. The average molecular weight is 388 g/mol. The minimum absolute atomic E-state index is 0.0966. The lowest BCUT2D eigenvalue weighted by molar-refractivity contribution is -0.384. The predicted octanol–water partition coefficient (Wildman–Crippen LogP) is 3.14. The van der Waals surface area contributed by atoms with Crippen LogP contribution in [0.25, 0.3) is 0 Å². The SMILES string of the molecule is CC1=C(C(=O)Nc2cccc([N+](=O)[O-])c2)[C@@H](c2c(F)cccc2F)NC(=O)N1. The first-order chi connectivity index (χ1) is 13.3. The number of nitro benzene ring substituents is 1. The number of nitrogens with zero attached hydrogens (tertiary/aromatic N) is 1. The molecule has 3 amide bonds. The molecule has 0 saturated carbocycles. The summed E-state index contributed by atoms with van der Waals surface area (Å²) in [6.07, 6.45) is 0. The first-order valence-corrected chi connectivity index (χ1v) is 8.06. The number of rotatable bonds is 4. The van der Waals surface area contributed by atoms with Crippen LogP contribution in [0, 0.1) is 21.7 Å². The van der Waals surface area contributed by atoms with Crippen molar-refractivity contribution < 1.29 is 23.3 Å². The van der Waals surface area contributed by atoms with Gasteiger partial charge in [0.25, 0.3) is 11.6 Å². The highest BCUT2D eigenvalue weighted by Gasteiger charge is 2.34. The second-order valence-corrected chi connectivity index (χ2v) is 5.97. The van der Waals surface area contributed by atoms with Crippen LogP contribution in [0.15, 0.2) is 53.7 Å². The van der Waals surface area contributed by atoms with Crippen LogP contribution in [0.5, 0.6) is 0 Å². The zero-order valence-corrected chi connectivity index (χ0v) is 14.5. The molecule has 2 aromatic carbocycles. The quantitative estimate of drug-likeness (QED) is 0.551. The van der Waals surface area contributed by atoms with E-state index < -0.39 is 40.1 Å². The number of carbonyl (C=O) groups is 2. The lowest BCUT2D eigenvalue weighted by Crippen LogP contribution is -2.46. The van der Waals surface area contributed by atoms with Crippen LogP contribution in [-0.2, 0) is 4.79 Å². The molecule has 0 aliphatic carbocycles. The van der Waals surface area contributed by atoms with E-state index in [2.05, 4.69) is 16.0 Å². The number of hydrogen-bond donors (Lipinski definition) is 3. The predicted molar refractivity (Wildman–Crippen MR) is 95.2 cm³/mol. The molecule has 0 saturated heterocycles. The van der Waals surface area contributed by atoms with Crippen LogP contribution < -0.4 is 16.0 Å². The van der Waals surface area contributed by atoms with E-state index >= 15 is 0 Å². The van der Waals surface area contributed by atoms with Gasteiger partial charge in [0.1, 0.15) is 11.6 Å². The number of nitrogens with one attached hydrogen (secondary N) is 3. The van der Waals surface area contributed by atoms with Crippen molar-refractivity contribution in [3.05, 3.63) is 81.0 Å². The third-order valence-corrected chi connectivity index (χ3v) is 4.12. The van der Waals surface area contributed by atoms with Crippen molar-refractivity contribution in [1.82, 2.24) is 10.6 Å². The Bertz CT molecular complexity index is 1000. The molecule has 1 atom stereocenters. The van der Waals surface area contributed by atoms with Gasteiger partial charge in [-0.05, 0) is 25.1 Å². The summed E-state index contributed by atoms with van der Waals surface area (Å²) in [5, 5.41) is 18.1. The van der Waals surface area contributed by atoms with E-state index in [1.807, 2.05) is 0 Å². The van der Waals surface area contributed by atoms with Crippen molar-refractivity contribution in [3.63, 3.8) is 0 Å². The first kappa shape index (κ1) is 19.0. The van der Waals surface area contributed by atoms with E-state index in [0.29, 0.717) is 0 Å². The number of urea groups is 1. The molecule has 0 unspecified atom stereocenters.